The fourth-order valence-corrected chi connectivity index (χ4v) is 3.12. The molecule has 0 saturated carbocycles. The van der Waals surface area contributed by atoms with E-state index in [9.17, 15) is 4.79 Å². The Labute approximate surface area is 149 Å². The Kier molecular flexibility index (Phi) is 5.66. The molecule has 1 aromatic carbocycles. The number of hydrogen-bond donors (Lipinski definition) is 1. The number of benzene rings is 1. The highest BCUT2D eigenvalue weighted by molar-refractivity contribution is 5.81. The van der Waals surface area contributed by atoms with Crippen molar-refractivity contribution in [3.05, 3.63) is 59.9 Å². The lowest BCUT2D eigenvalue weighted by Crippen LogP contribution is -2.53. The topological polar surface area (TPSA) is 48.5 Å². The van der Waals surface area contributed by atoms with Gasteiger partial charge in [0.2, 0.25) is 5.91 Å². The van der Waals surface area contributed by atoms with E-state index in [1.807, 2.05) is 25.1 Å². The van der Waals surface area contributed by atoms with Gasteiger partial charge in [0.15, 0.2) is 0 Å². The zero-order chi connectivity index (χ0) is 17.6. The summed E-state index contributed by atoms with van der Waals surface area (Å²) in [5.41, 5.74) is 3.42. The van der Waals surface area contributed by atoms with Crippen LogP contribution >= 0.6 is 0 Å². The van der Waals surface area contributed by atoms with Crippen LogP contribution in [-0.2, 0) is 11.3 Å². The summed E-state index contributed by atoms with van der Waals surface area (Å²) >= 11 is 0. The van der Waals surface area contributed by atoms with Crippen molar-refractivity contribution < 1.29 is 4.79 Å². The fourth-order valence-electron chi connectivity index (χ4n) is 3.12. The molecule has 1 unspecified atom stereocenters. The summed E-state index contributed by atoms with van der Waals surface area (Å²) in [4.78, 5) is 21.3. The van der Waals surface area contributed by atoms with Crippen LogP contribution in [0.4, 0.5) is 5.69 Å². The number of nitrogens with zero attached hydrogens (tertiary/aromatic N) is 3. The van der Waals surface area contributed by atoms with E-state index < -0.39 is 0 Å². The molecule has 1 amide bonds. The van der Waals surface area contributed by atoms with E-state index in [1.165, 1.54) is 11.3 Å². The number of hydrogen-bond acceptors (Lipinski definition) is 4. The van der Waals surface area contributed by atoms with Gasteiger partial charge in [0.1, 0.15) is 0 Å². The first-order chi connectivity index (χ1) is 12.1. The van der Waals surface area contributed by atoms with Crippen LogP contribution in [0.1, 0.15) is 18.2 Å². The average molecular weight is 338 g/mol. The van der Waals surface area contributed by atoms with Crippen molar-refractivity contribution in [2.75, 3.05) is 31.1 Å². The maximum absolute atomic E-state index is 12.4. The van der Waals surface area contributed by atoms with Crippen LogP contribution < -0.4 is 10.2 Å². The van der Waals surface area contributed by atoms with E-state index in [2.05, 4.69) is 51.3 Å². The van der Waals surface area contributed by atoms with Crippen LogP contribution in [0.3, 0.4) is 0 Å². The Bertz CT molecular complexity index is 679. The van der Waals surface area contributed by atoms with Crippen LogP contribution in [0, 0.1) is 6.92 Å². The Morgan fingerprint density at radius 2 is 1.84 bits per heavy atom. The molecular formula is C20H26N4O. The zero-order valence-electron chi connectivity index (χ0n) is 15.0. The molecule has 25 heavy (non-hydrogen) atoms. The molecule has 0 radical (unpaired) electrons. The van der Waals surface area contributed by atoms with Crippen molar-refractivity contribution in [3.8, 4) is 0 Å². The van der Waals surface area contributed by atoms with Crippen molar-refractivity contribution in [2.45, 2.75) is 26.4 Å². The summed E-state index contributed by atoms with van der Waals surface area (Å²) in [5.74, 6) is 0.0643. The molecule has 5 nitrogen and oxygen atoms in total. The number of aromatic nitrogens is 1. The van der Waals surface area contributed by atoms with E-state index in [-0.39, 0.29) is 11.9 Å². The van der Waals surface area contributed by atoms with Crippen LogP contribution in [0.5, 0.6) is 0 Å². The number of carbonyl (C=O) groups excluding carboxylic acids is 1. The number of nitrogens with one attached hydrogen (secondary N) is 1. The van der Waals surface area contributed by atoms with Crippen LogP contribution in [0.25, 0.3) is 0 Å². The fraction of sp³-hybridized carbons (Fsp3) is 0.400. The Balaban J connectivity index is 1.48. The summed E-state index contributed by atoms with van der Waals surface area (Å²) in [6.45, 7) is 8.25. The van der Waals surface area contributed by atoms with E-state index in [0.717, 1.165) is 31.9 Å². The third-order valence-electron chi connectivity index (χ3n) is 4.81. The molecule has 5 heteroatoms. The summed E-state index contributed by atoms with van der Waals surface area (Å²) in [6, 6.07) is 14.3. The predicted molar refractivity (Wildman–Crippen MR) is 101 cm³/mol. The van der Waals surface area contributed by atoms with Gasteiger partial charge in [-0.3, -0.25) is 14.7 Å². The van der Waals surface area contributed by atoms with E-state index >= 15 is 0 Å². The number of amides is 1. The summed E-state index contributed by atoms with van der Waals surface area (Å²) in [7, 11) is 0. The van der Waals surface area contributed by atoms with Crippen molar-refractivity contribution in [2.24, 2.45) is 0 Å². The quantitative estimate of drug-likeness (QED) is 0.908. The lowest BCUT2D eigenvalue weighted by Gasteiger charge is -2.38. The molecule has 3 rings (SSSR count). The van der Waals surface area contributed by atoms with Gasteiger partial charge in [0, 0.05) is 38.1 Å². The van der Waals surface area contributed by atoms with Crippen LogP contribution in [0.2, 0.25) is 0 Å². The third-order valence-corrected chi connectivity index (χ3v) is 4.81. The number of pyridine rings is 1. The SMILES string of the molecule is Cc1ccc(N2CCN(C(C)C(=O)NCc3ccccn3)CC2)cc1. The summed E-state index contributed by atoms with van der Waals surface area (Å²) in [6.07, 6.45) is 1.75. The number of anilines is 1. The predicted octanol–water partition coefficient (Wildman–Crippen LogP) is 2.22. The van der Waals surface area contributed by atoms with Gasteiger partial charge in [-0.1, -0.05) is 23.8 Å². The highest BCUT2D eigenvalue weighted by Gasteiger charge is 2.25. The molecule has 1 fully saturated rings. The Morgan fingerprint density at radius 3 is 2.48 bits per heavy atom. The standard InChI is InChI=1S/C20H26N4O/c1-16-6-8-19(9-7-16)24-13-11-23(12-14-24)17(2)20(25)22-15-18-5-3-4-10-21-18/h3-10,17H,11-15H2,1-2H3,(H,22,25). The monoisotopic (exact) mass is 338 g/mol. The van der Waals surface area contributed by atoms with Gasteiger partial charge in [-0.05, 0) is 38.1 Å². The number of aryl methyl sites for hydroxylation is 1. The van der Waals surface area contributed by atoms with Gasteiger partial charge >= 0.3 is 0 Å². The molecule has 0 spiro atoms. The van der Waals surface area contributed by atoms with Gasteiger partial charge in [0.25, 0.3) is 0 Å². The first-order valence-corrected chi connectivity index (χ1v) is 8.87. The lowest BCUT2D eigenvalue weighted by atomic mass is 10.1. The molecular weight excluding hydrogens is 312 g/mol. The molecule has 0 bridgehead atoms. The number of piperazine rings is 1. The normalized spacial score (nSPS) is 16.5. The molecule has 132 valence electrons. The van der Waals surface area contributed by atoms with E-state index in [4.69, 9.17) is 0 Å². The maximum atomic E-state index is 12.4. The van der Waals surface area contributed by atoms with Gasteiger partial charge in [-0.25, -0.2) is 0 Å². The minimum absolute atomic E-state index is 0.0643. The molecule has 1 N–H and O–H groups in total. The highest BCUT2D eigenvalue weighted by atomic mass is 16.2. The molecule has 1 aromatic heterocycles. The first kappa shape index (κ1) is 17.4. The van der Waals surface area contributed by atoms with Crippen LogP contribution in [0.15, 0.2) is 48.7 Å². The summed E-state index contributed by atoms with van der Waals surface area (Å²) in [5, 5.41) is 2.99. The number of rotatable bonds is 5. The van der Waals surface area contributed by atoms with Crippen molar-refractivity contribution in [3.63, 3.8) is 0 Å². The smallest absolute Gasteiger partial charge is 0.237 e. The third kappa shape index (κ3) is 4.57. The molecule has 1 aliphatic heterocycles. The second-order valence-corrected chi connectivity index (χ2v) is 6.57. The van der Waals surface area contributed by atoms with Crippen molar-refractivity contribution in [1.82, 2.24) is 15.2 Å². The first-order valence-electron chi connectivity index (χ1n) is 8.87. The Hall–Kier alpha value is -2.40. The lowest BCUT2D eigenvalue weighted by molar-refractivity contribution is -0.126. The summed E-state index contributed by atoms with van der Waals surface area (Å²) < 4.78 is 0. The maximum Gasteiger partial charge on any atom is 0.237 e. The largest absolute Gasteiger partial charge is 0.369 e. The molecule has 1 atom stereocenters. The van der Waals surface area contributed by atoms with Crippen LogP contribution in [-0.4, -0.2) is 48.0 Å². The molecule has 0 aliphatic carbocycles. The second-order valence-electron chi connectivity index (χ2n) is 6.57. The molecule has 1 saturated heterocycles. The molecule has 1 aliphatic rings. The van der Waals surface area contributed by atoms with E-state index in [1.54, 1.807) is 6.20 Å². The zero-order valence-corrected chi connectivity index (χ0v) is 15.0. The molecule has 2 heterocycles. The minimum atomic E-state index is -0.121. The second kappa shape index (κ2) is 8.12. The Morgan fingerprint density at radius 1 is 1.12 bits per heavy atom. The van der Waals surface area contributed by atoms with Crippen molar-refractivity contribution in [1.29, 1.82) is 0 Å². The van der Waals surface area contributed by atoms with Gasteiger partial charge < -0.3 is 10.2 Å². The van der Waals surface area contributed by atoms with Crippen molar-refractivity contribution >= 4 is 11.6 Å². The van der Waals surface area contributed by atoms with Gasteiger partial charge in [-0.2, -0.15) is 0 Å². The highest BCUT2D eigenvalue weighted by Crippen LogP contribution is 2.18. The van der Waals surface area contributed by atoms with Gasteiger partial charge in [-0.15, -0.1) is 0 Å². The van der Waals surface area contributed by atoms with Gasteiger partial charge in [0.05, 0.1) is 18.3 Å². The minimum Gasteiger partial charge on any atom is -0.369 e. The average Bonchev–Trinajstić information content (AvgIpc) is 2.67. The van der Waals surface area contributed by atoms with E-state index in [0.29, 0.717) is 6.54 Å². The number of carbonyl (C=O) groups is 1. The molecule has 2 aromatic rings.